The Bertz CT molecular complexity index is 582. The van der Waals surface area contributed by atoms with Gasteiger partial charge in [-0.25, -0.2) is 9.98 Å². The number of rotatable bonds is 2. The second-order valence-electron chi connectivity index (χ2n) is 4.67. The van der Waals surface area contributed by atoms with Crippen molar-refractivity contribution in [2.24, 2.45) is 15.0 Å². The minimum Gasteiger partial charge on any atom is -0.394 e. The summed E-state index contributed by atoms with van der Waals surface area (Å²) < 4.78 is 13.8. The minimum absolute atomic E-state index is 0.190. The van der Waals surface area contributed by atoms with E-state index < -0.39 is 29.7 Å². The second kappa shape index (κ2) is 4.92. The SMILES string of the molecule is [2H]C12N=CN([C@@H]3O[C@H](CO)[C@@H](O)[C@H]3S)C1=NC(C)=NC2=N. The number of nitrogens with zero attached hydrogens (tertiary/aromatic N) is 4. The summed E-state index contributed by atoms with van der Waals surface area (Å²) in [4.78, 5) is 13.5. The number of aliphatic hydroxyl groups is 2. The number of fused-ring (bicyclic) bond motifs is 1. The molecule has 3 rings (SSSR count). The summed E-state index contributed by atoms with van der Waals surface area (Å²) in [5.41, 5.74) is 0. The summed E-state index contributed by atoms with van der Waals surface area (Å²) >= 11 is 4.31. The Morgan fingerprint density at radius 1 is 1.60 bits per heavy atom. The molecule has 0 amide bonds. The minimum atomic E-state index is -1.70. The van der Waals surface area contributed by atoms with Crippen LogP contribution in [0.3, 0.4) is 0 Å². The van der Waals surface area contributed by atoms with Gasteiger partial charge in [0.1, 0.15) is 17.8 Å². The second-order valence-corrected chi connectivity index (χ2v) is 5.27. The summed E-state index contributed by atoms with van der Waals surface area (Å²) in [5, 5.41) is 26.4. The van der Waals surface area contributed by atoms with Crippen LogP contribution in [0.25, 0.3) is 0 Å². The van der Waals surface area contributed by atoms with Gasteiger partial charge in [0.15, 0.2) is 18.1 Å². The van der Waals surface area contributed by atoms with Gasteiger partial charge in [0, 0.05) is 0 Å². The molecule has 0 radical (unpaired) electrons. The first-order chi connectivity index (χ1) is 9.88. The van der Waals surface area contributed by atoms with Gasteiger partial charge < -0.3 is 14.9 Å². The van der Waals surface area contributed by atoms with E-state index in [-0.39, 0.29) is 18.3 Å². The van der Waals surface area contributed by atoms with E-state index in [1.807, 2.05) is 0 Å². The lowest BCUT2D eigenvalue weighted by atomic mass is 10.1. The van der Waals surface area contributed by atoms with Gasteiger partial charge in [-0.15, -0.1) is 0 Å². The topological polar surface area (TPSA) is 114 Å². The fourth-order valence-corrected chi connectivity index (χ4v) is 2.73. The Hall–Kier alpha value is -1.29. The molecule has 0 bridgehead atoms. The normalized spacial score (nSPS) is 44.3. The molecule has 20 heavy (non-hydrogen) atoms. The van der Waals surface area contributed by atoms with Crippen LogP contribution in [-0.2, 0) is 4.74 Å². The van der Waals surface area contributed by atoms with Crippen LogP contribution in [-0.4, -0.2) is 75.3 Å². The molecular weight excluding hydrogens is 282 g/mol. The van der Waals surface area contributed by atoms with Crippen LogP contribution in [0.2, 0.25) is 0 Å². The summed E-state index contributed by atoms with van der Waals surface area (Å²) in [7, 11) is 0. The summed E-state index contributed by atoms with van der Waals surface area (Å²) in [6.07, 6.45) is -1.09. The van der Waals surface area contributed by atoms with E-state index in [0.29, 0.717) is 5.84 Å². The zero-order valence-corrected chi connectivity index (χ0v) is 11.5. The van der Waals surface area contributed by atoms with Crippen molar-refractivity contribution in [3.8, 4) is 0 Å². The molecule has 0 aromatic rings. The van der Waals surface area contributed by atoms with E-state index in [1.165, 1.54) is 11.2 Å². The molecule has 1 saturated heterocycles. The van der Waals surface area contributed by atoms with Crippen molar-refractivity contribution in [1.82, 2.24) is 4.90 Å². The van der Waals surface area contributed by atoms with Crippen LogP contribution in [0.15, 0.2) is 15.0 Å². The lowest BCUT2D eigenvalue weighted by Crippen LogP contribution is -2.47. The molecule has 3 heterocycles. The van der Waals surface area contributed by atoms with Crippen molar-refractivity contribution in [2.75, 3.05) is 6.61 Å². The highest BCUT2D eigenvalue weighted by Gasteiger charge is 2.47. The third kappa shape index (κ3) is 1.97. The molecule has 0 aliphatic carbocycles. The molecule has 5 atom stereocenters. The molecule has 3 N–H and O–H groups in total. The van der Waals surface area contributed by atoms with E-state index in [0.717, 1.165) is 0 Å². The van der Waals surface area contributed by atoms with E-state index in [2.05, 4.69) is 27.6 Å². The van der Waals surface area contributed by atoms with E-state index in [1.54, 1.807) is 6.92 Å². The van der Waals surface area contributed by atoms with Crippen LogP contribution in [0.5, 0.6) is 0 Å². The van der Waals surface area contributed by atoms with Gasteiger partial charge in [-0.2, -0.15) is 12.6 Å². The summed E-state index contributed by atoms with van der Waals surface area (Å²) in [6, 6.07) is -1.70. The number of amidine groups is 3. The van der Waals surface area contributed by atoms with Gasteiger partial charge in [0.2, 0.25) is 0 Å². The number of hydrogen-bond acceptors (Lipinski definition) is 8. The maximum atomic E-state index is 9.97. The number of thiol groups is 1. The quantitative estimate of drug-likeness (QED) is 0.484. The molecule has 0 aromatic heterocycles. The number of ether oxygens (including phenoxy) is 1. The molecule has 108 valence electrons. The van der Waals surface area contributed by atoms with Crippen LogP contribution in [0, 0.1) is 5.41 Å². The van der Waals surface area contributed by atoms with Crippen LogP contribution < -0.4 is 0 Å². The molecule has 0 spiro atoms. The zero-order chi connectivity index (χ0) is 15.4. The first-order valence-electron chi connectivity index (χ1n) is 6.58. The zero-order valence-electron chi connectivity index (χ0n) is 11.6. The molecule has 0 aromatic carbocycles. The predicted molar refractivity (Wildman–Crippen MR) is 76.9 cm³/mol. The van der Waals surface area contributed by atoms with Crippen LogP contribution in [0.4, 0.5) is 0 Å². The lowest BCUT2D eigenvalue weighted by Gasteiger charge is -2.28. The van der Waals surface area contributed by atoms with Gasteiger partial charge in [-0.3, -0.25) is 15.3 Å². The van der Waals surface area contributed by atoms with Gasteiger partial charge in [-0.1, -0.05) is 0 Å². The monoisotopic (exact) mass is 298 g/mol. The van der Waals surface area contributed by atoms with E-state index in [9.17, 15) is 10.2 Å². The van der Waals surface area contributed by atoms with Crippen LogP contribution >= 0.6 is 12.6 Å². The molecular formula is C11H15N5O3S. The van der Waals surface area contributed by atoms with Gasteiger partial charge >= 0.3 is 0 Å². The average Bonchev–Trinajstić information content (AvgIpc) is 2.91. The molecule has 8 nitrogen and oxygen atoms in total. The summed E-state index contributed by atoms with van der Waals surface area (Å²) in [5.74, 6) is 0.313. The maximum Gasteiger partial charge on any atom is 0.168 e. The van der Waals surface area contributed by atoms with E-state index >= 15 is 0 Å². The first-order valence-corrected chi connectivity index (χ1v) is 6.59. The number of nitrogens with one attached hydrogen (secondary N) is 1. The number of aliphatic imine (C=N–C) groups is 3. The van der Waals surface area contributed by atoms with Crippen molar-refractivity contribution >= 4 is 36.5 Å². The van der Waals surface area contributed by atoms with Crippen molar-refractivity contribution in [3.05, 3.63) is 0 Å². The fourth-order valence-electron chi connectivity index (χ4n) is 2.32. The molecule has 1 unspecified atom stereocenters. The van der Waals surface area contributed by atoms with Crippen LogP contribution in [0.1, 0.15) is 8.29 Å². The average molecular weight is 298 g/mol. The third-order valence-electron chi connectivity index (χ3n) is 3.32. The van der Waals surface area contributed by atoms with Crippen molar-refractivity contribution in [3.63, 3.8) is 0 Å². The highest BCUT2D eigenvalue weighted by molar-refractivity contribution is 7.81. The van der Waals surface area contributed by atoms with Gasteiger partial charge in [0.05, 0.1) is 25.7 Å². The highest BCUT2D eigenvalue weighted by atomic mass is 32.1. The lowest BCUT2D eigenvalue weighted by molar-refractivity contribution is -0.0431. The molecule has 0 saturated carbocycles. The van der Waals surface area contributed by atoms with Crippen molar-refractivity contribution in [1.29, 1.82) is 5.41 Å². The Kier molecular flexibility index (Phi) is 3.06. The summed E-state index contributed by atoms with van der Waals surface area (Å²) in [6.45, 7) is 1.28. The maximum absolute atomic E-state index is 9.97. The van der Waals surface area contributed by atoms with Crippen molar-refractivity contribution in [2.45, 2.75) is 36.6 Å². The Morgan fingerprint density at radius 3 is 3.00 bits per heavy atom. The first kappa shape index (κ1) is 12.5. The Morgan fingerprint density at radius 2 is 2.35 bits per heavy atom. The van der Waals surface area contributed by atoms with Crippen molar-refractivity contribution < 1.29 is 16.3 Å². The smallest absolute Gasteiger partial charge is 0.168 e. The molecule has 3 aliphatic heterocycles. The number of hydrogen-bond donors (Lipinski definition) is 4. The Balaban J connectivity index is 1.93. The Labute approximate surface area is 122 Å². The van der Waals surface area contributed by atoms with E-state index in [4.69, 9.17) is 11.5 Å². The van der Waals surface area contributed by atoms with Gasteiger partial charge in [-0.05, 0) is 6.92 Å². The van der Waals surface area contributed by atoms with Gasteiger partial charge in [0.25, 0.3) is 0 Å². The largest absolute Gasteiger partial charge is 0.394 e. The standard InChI is InChI=1S/C11H15N5O3S/c1-4-14-9(12)6-10(15-4)16(3-13-6)11-8(20)7(18)5(2-17)19-11/h3,5-8,11-12,17-18,20H,2H2,1H3/t5-,6?,7-,8-,11-/m1/s1/i6D. The fraction of sp³-hybridized carbons (Fsp3) is 0.636. The highest BCUT2D eigenvalue weighted by Crippen LogP contribution is 2.30. The molecule has 3 aliphatic rings. The third-order valence-corrected chi connectivity index (χ3v) is 3.89. The molecule has 9 heteroatoms. The predicted octanol–water partition coefficient (Wildman–Crippen LogP) is -1.12. The molecule has 1 fully saturated rings. The number of aliphatic hydroxyl groups excluding tert-OH is 2.